The van der Waals surface area contributed by atoms with Gasteiger partial charge in [-0.2, -0.15) is 0 Å². The van der Waals surface area contributed by atoms with Crippen molar-refractivity contribution in [1.29, 1.82) is 0 Å². The van der Waals surface area contributed by atoms with Gasteiger partial charge in [0, 0.05) is 0 Å². The number of carbonyl (C=O) groups is 1. The molecule has 4 rings (SSSR count). The van der Waals surface area contributed by atoms with Gasteiger partial charge in [-0.25, -0.2) is 4.98 Å². The average Bonchev–Trinajstić information content (AvgIpc) is 2.83. The summed E-state index contributed by atoms with van der Waals surface area (Å²) in [5, 5.41) is 0.525. The van der Waals surface area contributed by atoms with E-state index in [0.29, 0.717) is 22.2 Å². The van der Waals surface area contributed by atoms with Crippen LogP contribution in [0.5, 0.6) is 0 Å². The van der Waals surface area contributed by atoms with Gasteiger partial charge in [-0.15, -0.1) is 0 Å². The highest BCUT2D eigenvalue weighted by molar-refractivity contribution is 6.13. The molecule has 1 aliphatic rings. The van der Waals surface area contributed by atoms with Crippen molar-refractivity contribution in [2.24, 2.45) is 0 Å². The first-order chi connectivity index (χ1) is 10.7. The van der Waals surface area contributed by atoms with Crippen molar-refractivity contribution in [2.45, 2.75) is 20.8 Å². The first kappa shape index (κ1) is 14.2. The fourth-order valence-electron chi connectivity index (χ4n) is 2.66. The number of para-hydroxylation sites is 1. The van der Waals surface area contributed by atoms with Crippen LogP contribution in [0.3, 0.4) is 0 Å². The summed E-state index contributed by atoms with van der Waals surface area (Å²) in [5.41, 5.74) is 2.52. The Morgan fingerprint density at radius 3 is 2.50 bits per heavy atom. The SMILES string of the molecule is CC.Cc1ccc2c(c1)C(=O)c1nc3ccccc3c(=O)n1-2. The first-order valence-electron chi connectivity index (χ1n) is 7.34. The second kappa shape index (κ2) is 5.22. The lowest BCUT2D eigenvalue weighted by Crippen LogP contribution is -2.21. The largest absolute Gasteiger partial charge is 0.285 e. The lowest BCUT2D eigenvalue weighted by molar-refractivity contribution is 0.103. The highest BCUT2D eigenvalue weighted by Gasteiger charge is 2.30. The minimum absolute atomic E-state index is 0.188. The zero-order chi connectivity index (χ0) is 15.9. The van der Waals surface area contributed by atoms with E-state index in [1.54, 1.807) is 30.3 Å². The summed E-state index contributed by atoms with van der Waals surface area (Å²) in [5.74, 6) is 0.0147. The molecular formula is C18H16N2O2. The Morgan fingerprint density at radius 1 is 1.00 bits per heavy atom. The molecule has 0 fully saturated rings. The molecule has 2 aromatic carbocycles. The van der Waals surface area contributed by atoms with Crippen LogP contribution in [-0.2, 0) is 0 Å². The van der Waals surface area contributed by atoms with Crippen LogP contribution in [0.15, 0.2) is 47.3 Å². The minimum atomic E-state index is -0.193. The third-order valence-electron chi connectivity index (χ3n) is 3.62. The Morgan fingerprint density at radius 2 is 1.73 bits per heavy atom. The maximum atomic E-state index is 12.6. The Bertz CT molecular complexity index is 955. The van der Waals surface area contributed by atoms with Gasteiger partial charge in [-0.1, -0.05) is 37.6 Å². The van der Waals surface area contributed by atoms with E-state index in [0.717, 1.165) is 5.56 Å². The molecule has 3 aromatic rings. The Balaban J connectivity index is 0.000000693. The third-order valence-corrected chi connectivity index (χ3v) is 3.62. The average molecular weight is 292 g/mol. The first-order valence-corrected chi connectivity index (χ1v) is 7.34. The van der Waals surface area contributed by atoms with Gasteiger partial charge in [0.25, 0.3) is 5.56 Å². The summed E-state index contributed by atoms with van der Waals surface area (Å²) in [6.07, 6.45) is 0. The van der Waals surface area contributed by atoms with Crippen LogP contribution < -0.4 is 5.56 Å². The smallest absolute Gasteiger partial charge is 0.266 e. The number of aromatic nitrogens is 2. The lowest BCUT2D eigenvalue weighted by atomic mass is 10.1. The molecule has 0 amide bonds. The minimum Gasteiger partial charge on any atom is -0.285 e. The molecule has 0 aliphatic carbocycles. The molecule has 0 atom stereocenters. The second-order valence-electron chi connectivity index (χ2n) is 4.94. The molecule has 4 nitrogen and oxygen atoms in total. The number of carbonyl (C=O) groups excluding carboxylic acids is 1. The number of fused-ring (bicyclic) bond motifs is 4. The van der Waals surface area contributed by atoms with Crippen molar-refractivity contribution in [1.82, 2.24) is 9.55 Å². The van der Waals surface area contributed by atoms with Gasteiger partial charge in [-0.3, -0.25) is 14.2 Å². The van der Waals surface area contributed by atoms with Crippen molar-refractivity contribution in [3.63, 3.8) is 0 Å². The van der Waals surface area contributed by atoms with Crippen LogP contribution in [0.4, 0.5) is 0 Å². The highest BCUT2D eigenvalue weighted by atomic mass is 16.1. The monoisotopic (exact) mass is 292 g/mol. The Labute approximate surface area is 128 Å². The topological polar surface area (TPSA) is 52.0 Å². The lowest BCUT2D eigenvalue weighted by Gasteiger charge is -2.05. The van der Waals surface area contributed by atoms with Crippen LogP contribution >= 0.6 is 0 Å². The van der Waals surface area contributed by atoms with Gasteiger partial charge >= 0.3 is 0 Å². The summed E-state index contributed by atoms with van der Waals surface area (Å²) in [6, 6.07) is 12.6. The molecule has 110 valence electrons. The predicted octanol–water partition coefficient (Wildman–Crippen LogP) is 3.26. The van der Waals surface area contributed by atoms with E-state index in [2.05, 4.69) is 4.98 Å². The van der Waals surface area contributed by atoms with Crippen LogP contribution in [0.2, 0.25) is 0 Å². The van der Waals surface area contributed by atoms with Gasteiger partial charge in [-0.05, 0) is 31.2 Å². The van der Waals surface area contributed by atoms with Gasteiger partial charge < -0.3 is 0 Å². The number of rotatable bonds is 0. The van der Waals surface area contributed by atoms with E-state index >= 15 is 0 Å². The molecule has 0 radical (unpaired) electrons. The standard InChI is InChI=1S/C16H10N2O2.C2H6/c1-9-6-7-13-11(8-9)14(19)15-17-12-5-3-2-4-10(12)16(20)18(13)15;1-2/h2-8H,1H3;1-2H3. The van der Waals surface area contributed by atoms with E-state index in [-0.39, 0.29) is 17.2 Å². The van der Waals surface area contributed by atoms with Crippen LogP contribution in [0.25, 0.3) is 16.6 Å². The zero-order valence-corrected chi connectivity index (χ0v) is 12.8. The molecule has 0 unspecified atom stereocenters. The summed E-state index contributed by atoms with van der Waals surface area (Å²) >= 11 is 0. The van der Waals surface area contributed by atoms with Crippen molar-refractivity contribution in [2.75, 3.05) is 0 Å². The highest BCUT2D eigenvalue weighted by Crippen LogP contribution is 2.26. The quantitative estimate of drug-likeness (QED) is 0.500. The maximum Gasteiger partial charge on any atom is 0.266 e. The predicted molar refractivity (Wildman–Crippen MR) is 86.9 cm³/mol. The van der Waals surface area contributed by atoms with Crippen molar-refractivity contribution in [3.8, 4) is 5.69 Å². The van der Waals surface area contributed by atoms with Crippen molar-refractivity contribution in [3.05, 3.63) is 69.8 Å². The van der Waals surface area contributed by atoms with E-state index in [4.69, 9.17) is 0 Å². The number of benzene rings is 2. The summed E-state index contributed by atoms with van der Waals surface area (Å²) in [6.45, 7) is 5.92. The molecule has 0 bridgehead atoms. The van der Waals surface area contributed by atoms with Gasteiger partial charge in [0.05, 0.1) is 22.2 Å². The molecule has 1 aromatic heterocycles. The number of hydrogen-bond donors (Lipinski definition) is 0. The zero-order valence-electron chi connectivity index (χ0n) is 12.8. The molecule has 1 aliphatic heterocycles. The number of ketones is 1. The van der Waals surface area contributed by atoms with Gasteiger partial charge in [0.15, 0.2) is 5.82 Å². The fraction of sp³-hybridized carbons (Fsp3) is 0.167. The third kappa shape index (κ3) is 1.88. The molecule has 2 heterocycles. The van der Waals surface area contributed by atoms with E-state index in [1.807, 2.05) is 32.9 Å². The molecule has 0 spiro atoms. The summed E-state index contributed by atoms with van der Waals surface area (Å²) < 4.78 is 1.42. The van der Waals surface area contributed by atoms with Crippen molar-refractivity contribution >= 4 is 16.7 Å². The normalized spacial score (nSPS) is 11.7. The van der Waals surface area contributed by atoms with Gasteiger partial charge in [0.1, 0.15) is 0 Å². The number of aryl methyl sites for hydroxylation is 1. The molecular weight excluding hydrogens is 276 g/mol. The van der Waals surface area contributed by atoms with E-state index in [1.165, 1.54) is 4.57 Å². The van der Waals surface area contributed by atoms with E-state index < -0.39 is 0 Å². The molecule has 0 saturated heterocycles. The maximum absolute atomic E-state index is 12.6. The Kier molecular flexibility index (Phi) is 3.37. The molecule has 22 heavy (non-hydrogen) atoms. The van der Waals surface area contributed by atoms with Gasteiger partial charge in [0.2, 0.25) is 5.78 Å². The Hall–Kier alpha value is -2.75. The summed E-state index contributed by atoms with van der Waals surface area (Å²) in [4.78, 5) is 29.4. The summed E-state index contributed by atoms with van der Waals surface area (Å²) in [7, 11) is 0. The van der Waals surface area contributed by atoms with Crippen LogP contribution in [-0.4, -0.2) is 15.3 Å². The fourth-order valence-corrected chi connectivity index (χ4v) is 2.66. The number of nitrogens with zero attached hydrogens (tertiary/aromatic N) is 2. The van der Waals surface area contributed by atoms with Crippen LogP contribution in [0.1, 0.15) is 35.6 Å². The number of hydrogen-bond acceptors (Lipinski definition) is 3. The molecule has 4 heteroatoms. The molecule has 0 saturated carbocycles. The van der Waals surface area contributed by atoms with E-state index in [9.17, 15) is 9.59 Å². The van der Waals surface area contributed by atoms with Crippen LogP contribution in [0, 0.1) is 6.92 Å². The van der Waals surface area contributed by atoms with Crippen molar-refractivity contribution < 1.29 is 4.79 Å². The second-order valence-corrected chi connectivity index (χ2v) is 4.94. The molecule has 0 N–H and O–H groups in total.